The third-order valence-corrected chi connectivity index (χ3v) is 3.32. The minimum atomic E-state index is -0.618. The minimum absolute atomic E-state index is 0.0364. The molecule has 2 aromatic rings. The van der Waals surface area contributed by atoms with Crippen LogP contribution in [0.3, 0.4) is 0 Å². The highest BCUT2D eigenvalue weighted by atomic mass is 79.9. The molecule has 0 aliphatic heterocycles. The molecule has 2 aromatic carbocycles. The van der Waals surface area contributed by atoms with E-state index in [-0.39, 0.29) is 28.4 Å². The SMILES string of the molecule is O=C(Cc1cccc(Cl)c1F)c1cc(F)cc(Br)c1. The largest absolute Gasteiger partial charge is 0.294 e. The van der Waals surface area contributed by atoms with E-state index in [1.807, 2.05) is 0 Å². The van der Waals surface area contributed by atoms with E-state index in [9.17, 15) is 13.6 Å². The summed E-state index contributed by atoms with van der Waals surface area (Å²) in [4.78, 5) is 12.0. The van der Waals surface area contributed by atoms with E-state index in [1.54, 1.807) is 6.07 Å². The second kappa shape index (κ2) is 5.80. The fourth-order valence-corrected chi connectivity index (χ4v) is 2.33. The highest BCUT2D eigenvalue weighted by Crippen LogP contribution is 2.21. The lowest BCUT2D eigenvalue weighted by Gasteiger charge is -2.05. The number of hydrogen-bond donors (Lipinski definition) is 0. The average Bonchev–Trinajstić information content (AvgIpc) is 2.33. The van der Waals surface area contributed by atoms with Gasteiger partial charge in [0.05, 0.1) is 5.02 Å². The van der Waals surface area contributed by atoms with Crippen LogP contribution < -0.4 is 0 Å². The molecule has 5 heteroatoms. The number of benzene rings is 2. The Labute approximate surface area is 122 Å². The molecular formula is C14H8BrClF2O. The first-order valence-corrected chi connectivity index (χ1v) is 6.56. The van der Waals surface area contributed by atoms with Gasteiger partial charge in [0, 0.05) is 16.5 Å². The lowest BCUT2D eigenvalue weighted by atomic mass is 10.0. The van der Waals surface area contributed by atoms with Crippen molar-refractivity contribution in [3.8, 4) is 0 Å². The van der Waals surface area contributed by atoms with Crippen molar-refractivity contribution in [3.05, 3.63) is 68.7 Å². The van der Waals surface area contributed by atoms with E-state index in [0.717, 1.165) is 6.07 Å². The number of rotatable bonds is 3. The lowest BCUT2D eigenvalue weighted by molar-refractivity contribution is 0.0991. The van der Waals surface area contributed by atoms with Gasteiger partial charge in [-0.1, -0.05) is 39.7 Å². The molecular weight excluding hydrogens is 338 g/mol. The third kappa shape index (κ3) is 3.39. The molecule has 98 valence electrons. The van der Waals surface area contributed by atoms with Crippen LogP contribution in [0.15, 0.2) is 40.9 Å². The predicted octanol–water partition coefficient (Wildman–Crippen LogP) is 4.81. The van der Waals surface area contributed by atoms with Crippen molar-refractivity contribution in [2.24, 2.45) is 0 Å². The van der Waals surface area contributed by atoms with E-state index < -0.39 is 11.6 Å². The molecule has 0 amide bonds. The van der Waals surface area contributed by atoms with Gasteiger partial charge in [0.1, 0.15) is 11.6 Å². The molecule has 0 bridgehead atoms. The summed E-state index contributed by atoms with van der Waals surface area (Å²) in [5, 5.41) is -0.0364. The molecule has 1 nitrogen and oxygen atoms in total. The molecule has 0 fully saturated rings. The van der Waals surface area contributed by atoms with Crippen LogP contribution in [0, 0.1) is 11.6 Å². The number of hydrogen-bond acceptors (Lipinski definition) is 1. The van der Waals surface area contributed by atoms with Gasteiger partial charge < -0.3 is 0 Å². The zero-order valence-corrected chi connectivity index (χ0v) is 11.9. The Balaban J connectivity index is 2.28. The summed E-state index contributed by atoms with van der Waals surface area (Å²) in [5.74, 6) is -1.52. The predicted molar refractivity (Wildman–Crippen MR) is 73.5 cm³/mol. The number of carbonyl (C=O) groups excluding carboxylic acids is 1. The molecule has 0 unspecified atom stereocenters. The summed E-state index contributed by atoms with van der Waals surface area (Å²) < 4.78 is 27.3. The van der Waals surface area contributed by atoms with E-state index in [2.05, 4.69) is 15.9 Å². The van der Waals surface area contributed by atoms with Crippen molar-refractivity contribution in [1.82, 2.24) is 0 Å². The molecule has 0 aliphatic rings. The monoisotopic (exact) mass is 344 g/mol. The van der Waals surface area contributed by atoms with Gasteiger partial charge in [-0.3, -0.25) is 4.79 Å². The third-order valence-electron chi connectivity index (χ3n) is 2.57. The van der Waals surface area contributed by atoms with Crippen LogP contribution in [0.2, 0.25) is 5.02 Å². The smallest absolute Gasteiger partial charge is 0.167 e. The molecule has 0 aromatic heterocycles. The normalized spacial score (nSPS) is 10.5. The standard InChI is InChI=1S/C14H8BrClF2O/c15-10-4-9(5-11(17)7-10)13(19)6-8-2-1-3-12(16)14(8)18/h1-5,7H,6H2. The van der Waals surface area contributed by atoms with Gasteiger partial charge in [0.25, 0.3) is 0 Å². The molecule has 0 atom stereocenters. The molecule has 0 N–H and O–H groups in total. The Morgan fingerprint density at radius 1 is 1.21 bits per heavy atom. The van der Waals surface area contributed by atoms with Crippen molar-refractivity contribution in [1.29, 1.82) is 0 Å². The summed E-state index contributed by atoms with van der Waals surface area (Å²) in [6, 6.07) is 8.31. The Hall–Kier alpha value is -1.26. The Kier molecular flexibility index (Phi) is 4.32. The van der Waals surface area contributed by atoms with Crippen molar-refractivity contribution >= 4 is 33.3 Å². The zero-order valence-electron chi connectivity index (χ0n) is 9.59. The van der Waals surface area contributed by atoms with Crippen molar-refractivity contribution in [2.45, 2.75) is 6.42 Å². The van der Waals surface area contributed by atoms with Crippen molar-refractivity contribution in [3.63, 3.8) is 0 Å². The van der Waals surface area contributed by atoms with Crippen LogP contribution in [-0.2, 0) is 6.42 Å². The fourth-order valence-electron chi connectivity index (χ4n) is 1.67. The van der Waals surface area contributed by atoms with Crippen LogP contribution in [0.5, 0.6) is 0 Å². The first-order chi connectivity index (χ1) is 8.97. The van der Waals surface area contributed by atoms with Crippen molar-refractivity contribution in [2.75, 3.05) is 0 Å². The first-order valence-electron chi connectivity index (χ1n) is 5.39. The second-order valence-corrected chi connectivity index (χ2v) is 5.29. The Morgan fingerprint density at radius 2 is 1.95 bits per heavy atom. The molecule has 0 aliphatic carbocycles. The summed E-state index contributed by atoms with van der Waals surface area (Å²) in [6.45, 7) is 0. The average molecular weight is 346 g/mol. The number of carbonyl (C=O) groups is 1. The molecule has 19 heavy (non-hydrogen) atoms. The topological polar surface area (TPSA) is 17.1 Å². The maximum absolute atomic E-state index is 13.7. The van der Waals surface area contributed by atoms with Gasteiger partial charge in [-0.15, -0.1) is 0 Å². The Bertz CT molecular complexity index is 623. The quantitative estimate of drug-likeness (QED) is 0.730. The maximum Gasteiger partial charge on any atom is 0.167 e. The van der Waals surface area contributed by atoms with Crippen LogP contribution in [0.25, 0.3) is 0 Å². The summed E-state index contributed by atoms with van der Waals surface area (Å²) in [7, 11) is 0. The van der Waals surface area contributed by atoms with Gasteiger partial charge in [0.2, 0.25) is 0 Å². The number of halogens is 4. The number of Topliss-reactive ketones (excluding diaryl/α,β-unsaturated/α-hetero) is 1. The Morgan fingerprint density at radius 3 is 2.63 bits per heavy atom. The van der Waals surface area contributed by atoms with Gasteiger partial charge >= 0.3 is 0 Å². The molecule has 0 heterocycles. The van der Waals surface area contributed by atoms with E-state index >= 15 is 0 Å². The van der Waals surface area contributed by atoms with Crippen molar-refractivity contribution < 1.29 is 13.6 Å². The highest BCUT2D eigenvalue weighted by molar-refractivity contribution is 9.10. The van der Waals surface area contributed by atoms with Gasteiger partial charge in [-0.2, -0.15) is 0 Å². The highest BCUT2D eigenvalue weighted by Gasteiger charge is 2.13. The van der Waals surface area contributed by atoms with Crippen LogP contribution in [0.4, 0.5) is 8.78 Å². The lowest BCUT2D eigenvalue weighted by Crippen LogP contribution is -2.06. The van der Waals surface area contributed by atoms with Crippen LogP contribution in [0.1, 0.15) is 15.9 Å². The van der Waals surface area contributed by atoms with E-state index in [0.29, 0.717) is 4.47 Å². The molecule has 0 spiro atoms. The van der Waals surface area contributed by atoms with Gasteiger partial charge in [0.15, 0.2) is 5.78 Å². The molecule has 0 saturated heterocycles. The van der Waals surface area contributed by atoms with Crippen LogP contribution >= 0.6 is 27.5 Å². The maximum atomic E-state index is 13.7. The zero-order chi connectivity index (χ0) is 14.0. The summed E-state index contributed by atoms with van der Waals surface area (Å²) >= 11 is 8.75. The summed E-state index contributed by atoms with van der Waals surface area (Å²) in [5.41, 5.74) is 0.379. The fraction of sp³-hybridized carbons (Fsp3) is 0.0714. The van der Waals surface area contributed by atoms with Gasteiger partial charge in [-0.05, 0) is 29.8 Å². The first kappa shape index (κ1) is 14.2. The van der Waals surface area contributed by atoms with Gasteiger partial charge in [-0.25, -0.2) is 8.78 Å². The minimum Gasteiger partial charge on any atom is -0.294 e. The van der Waals surface area contributed by atoms with Crippen LogP contribution in [-0.4, -0.2) is 5.78 Å². The molecule has 0 radical (unpaired) electrons. The number of ketones is 1. The molecule has 2 rings (SSSR count). The second-order valence-electron chi connectivity index (χ2n) is 3.97. The van der Waals surface area contributed by atoms with E-state index in [1.165, 1.54) is 24.3 Å². The summed E-state index contributed by atoms with van der Waals surface area (Å²) in [6.07, 6.45) is -0.164. The molecule has 0 saturated carbocycles. The van der Waals surface area contributed by atoms with E-state index in [4.69, 9.17) is 11.6 Å².